The Hall–Kier alpha value is -3.20. The number of nitrogens with one attached hydrogen (secondary N) is 2. The molecule has 0 amide bonds. The molecule has 0 unspecified atom stereocenters. The molecule has 9 nitrogen and oxygen atoms in total. The molecule has 0 bridgehead atoms. The summed E-state index contributed by atoms with van der Waals surface area (Å²) in [6, 6.07) is 0.376. The van der Waals surface area contributed by atoms with Crippen molar-refractivity contribution in [2.75, 3.05) is 25.6 Å². The molecule has 6 rings (SSSR count). The lowest BCUT2D eigenvalue weighted by Crippen LogP contribution is -2.47. The average Bonchev–Trinajstić information content (AvgIpc) is 3.39. The highest BCUT2D eigenvalue weighted by molar-refractivity contribution is 5.97. The van der Waals surface area contributed by atoms with Gasteiger partial charge in [0.25, 0.3) is 0 Å². The van der Waals surface area contributed by atoms with E-state index in [2.05, 4.69) is 25.3 Å². The SMILES string of the molecule is COc1nc(NC2CCC3(CC2)COC3)nc2[nH]cc(-c3cnc4nccn4c3)c12. The van der Waals surface area contributed by atoms with Crippen LogP contribution in [0, 0.1) is 5.41 Å². The van der Waals surface area contributed by atoms with Crippen LogP contribution in [0.15, 0.2) is 31.0 Å². The number of hydrogen-bond acceptors (Lipinski definition) is 7. The standard InChI is InChI=1S/C21H23N7O2/c1-29-18-16-15(13-8-24-20-22-6-7-28(20)10-13)9-23-17(16)26-19(27-18)25-14-2-4-21(5-3-14)11-30-12-21/h6-10,14H,2-5,11-12H2,1H3,(H2,23,25,26,27). The fourth-order valence-corrected chi connectivity index (χ4v) is 4.63. The van der Waals surface area contributed by atoms with E-state index in [4.69, 9.17) is 14.5 Å². The van der Waals surface area contributed by atoms with E-state index in [0.717, 1.165) is 48.2 Å². The first kappa shape index (κ1) is 17.6. The number of anilines is 1. The van der Waals surface area contributed by atoms with E-state index >= 15 is 0 Å². The molecule has 2 N–H and O–H groups in total. The Balaban J connectivity index is 1.31. The van der Waals surface area contributed by atoms with Crippen molar-refractivity contribution in [2.45, 2.75) is 31.7 Å². The largest absolute Gasteiger partial charge is 0.480 e. The maximum absolute atomic E-state index is 5.64. The molecule has 0 radical (unpaired) electrons. The number of H-pyrrole nitrogens is 1. The van der Waals surface area contributed by atoms with Gasteiger partial charge in [-0.05, 0) is 25.7 Å². The normalized spacial score (nSPS) is 18.7. The zero-order valence-electron chi connectivity index (χ0n) is 16.8. The van der Waals surface area contributed by atoms with Gasteiger partial charge in [0.1, 0.15) is 5.65 Å². The maximum Gasteiger partial charge on any atom is 0.233 e. The molecule has 1 saturated heterocycles. The Morgan fingerprint density at radius 2 is 2.10 bits per heavy atom. The topological polar surface area (TPSA) is 102 Å². The minimum atomic E-state index is 0.376. The summed E-state index contributed by atoms with van der Waals surface area (Å²) in [5.41, 5.74) is 3.06. The minimum absolute atomic E-state index is 0.376. The summed E-state index contributed by atoms with van der Waals surface area (Å²) in [5.74, 6) is 1.81. The molecule has 0 atom stereocenters. The highest BCUT2D eigenvalue weighted by Gasteiger charge is 2.41. The third-order valence-electron chi connectivity index (χ3n) is 6.44. The number of aromatic nitrogens is 6. The minimum Gasteiger partial charge on any atom is -0.480 e. The van der Waals surface area contributed by atoms with Crippen molar-refractivity contribution in [1.82, 2.24) is 29.3 Å². The van der Waals surface area contributed by atoms with E-state index in [1.54, 1.807) is 19.5 Å². The summed E-state index contributed by atoms with van der Waals surface area (Å²) in [6.45, 7) is 1.84. The molecule has 4 aromatic heterocycles. The van der Waals surface area contributed by atoms with Crippen LogP contribution in [0.1, 0.15) is 25.7 Å². The summed E-state index contributed by atoms with van der Waals surface area (Å²) < 4.78 is 13.0. The Labute approximate surface area is 172 Å². The molecule has 1 spiro atoms. The van der Waals surface area contributed by atoms with E-state index in [-0.39, 0.29) is 0 Å². The summed E-state index contributed by atoms with van der Waals surface area (Å²) >= 11 is 0. The van der Waals surface area contributed by atoms with Crippen molar-refractivity contribution in [3.63, 3.8) is 0 Å². The first-order valence-corrected chi connectivity index (χ1v) is 10.3. The Bertz CT molecular complexity index is 1220. The first-order valence-electron chi connectivity index (χ1n) is 10.3. The molecule has 5 heterocycles. The predicted molar refractivity (Wildman–Crippen MR) is 112 cm³/mol. The molecule has 154 valence electrons. The molecular weight excluding hydrogens is 382 g/mol. The third kappa shape index (κ3) is 2.80. The van der Waals surface area contributed by atoms with Gasteiger partial charge >= 0.3 is 0 Å². The lowest BCUT2D eigenvalue weighted by Gasteiger charge is -2.46. The number of ether oxygens (including phenoxy) is 2. The van der Waals surface area contributed by atoms with Crippen LogP contribution in [0.25, 0.3) is 27.9 Å². The van der Waals surface area contributed by atoms with Gasteiger partial charge in [0.15, 0.2) is 0 Å². The van der Waals surface area contributed by atoms with E-state index in [0.29, 0.717) is 29.1 Å². The number of nitrogens with zero attached hydrogens (tertiary/aromatic N) is 5. The first-order chi connectivity index (χ1) is 14.7. The van der Waals surface area contributed by atoms with Crippen LogP contribution in [-0.2, 0) is 4.74 Å². The number of fused-ring (bicyclic) bond motifs is 2. The number of methoxy groups -OCH3 is 1. The fourth-order valence-electron chi connectivity index (χ4n) is 4.63. The van der Waals surface area contributed by atoms with Gasteiger partial charge in [-0.2, -0.15) is 9.97 Å². The second kappa shape index (κ2) is 6.66. The van der Waals surface area contributed by atoms with Gasteiger partial charge in [0.05, 0.1) is 25.7 Å². The van der Waals surface area contributed by atoms with E-state index < -0.39 is 0 Å². The van der Waals surface area contributed by atoms with Gasteiger partial charge in [-0.1, -0.05) is 0 Å². The highest BCUT2D eigenvalue weighted by Crippen LogP contribution is 2.43. The van der Waals surface area contributed by atoms with E-state index in [1.165, 1.54) is 12.8 Å². The molecule has 2 fully saturated rings. The third-order valence-corrected chi connectivity index (χ3v) is 6.44. The van der Waals surface area contributed by atoms with Crippen molar-refractivity contribution < 1.29 is 9.47 Å². The van der Waals surface area contributed by atoms with Gasteiger partial charge < -0.3 is 19.8 Å². The van der Waals surface area contributed by atoms with Gasteiger partial charge in [0.2, 0.25) is 17.6 Å². The van der Waals surface area contributed by atoms with Crippen molar-refractivity contribution in [1.29, 1.82) is 0 Å². The maximum atomic E-state index is 5.64. The van der Waals surface area contributed by atoms with Crippen molar-refractivity contribution in [2.24, 2.45) is 5.41 Å². The van der Waals surface area contributed by atoms with Crippen molar-refractivity contribution in [3.05, 3.63) is 31.0 Å². The van der Waals surface area contributed by atoms with Crippen LogP contribution in [0.5, 0.6) is 5.88 Å². The smallest absolute Gasteiger partial charge is 0.233 e. The van der Waals surface area contributed by atoms with Crippen LogP contribution in [0.4, 0.5) is 5.95 Å². The van der Waals surface area contributed by atoms with Crippen LogP contribution in [0.3, 0.4) is 0 Å². The molecule has 30 heavy (non-hydrogen) atoms. The number of hydrogen-bond donors (Lipinski definition) is 2. The van der Waals surface area contributed by atoms with Gasteiger partial charge in [-0.25, -0.2) is 9.97 Å². The summed E-state index contributed by atoms with van der Waals surface area (Å²) in [4.78, 5) is 21.3. The molecule has 1 aliphatic heterocycles. The fraction of sp³-hybridized carbons (Fsp3) is 0.429. The quantitative estimate of drug-likeness (QED) is 0.538. The van der Waals surface area contributed by atoms with Gasteiger partial charge in [0, 0.05) is 53.6 Å². The summed E-state index contributed by atoms with van der Waals surface area (Å²) in [7, 11) is 1.64. The molecule has 1 saturated carbocycles. The Morgan fingerprint density at radius 1 is 1.23 bits per heavy atom. The zero-order valence-corrected chi connectivity index (χ0v) is 16.8. The molecule has 9 heteroatoms. The molecule has 2 aliphatic rings. The molecular formula is C21H23N7O2. The molecule has 1 aliphatic carbocycles. The lowest BCUT2D eigenvalue weighted by molar-refractivity contribution is -0.131. The van der Waals surface area contributed by atoms with E-state index in [9.17, 15) is 0 Å². The number of aromatic amines is 1. The zero-order chi connectivity index (χ0) is 20.1. The highest BCUT2D eigenvalue weighted by atomic mass is 16.5. The predicted octanol–water partition coefficient (Wildman–Crippen LogP) is 3.05. The Kier molecular flexibility index (Phi) is 3.92. The van der Waals surface area contributed by atoms with Crippen LogP contribution < -0.4 is 10.1 Å². The second-order valence-corrected chi connectivity index (χ2v) is 8.37. The van der Waals surface area contributed by atoms with Crippen molar-refractivity contribution in [3.8, 4) is 17.0 Å². The monoisotopic (exact) mass is 405 g/mol. The van der Waals surface area contributed by atoms with Crippen molar-refractivity contribution >= 4 is 22.8 Å². The van der Waals surface area contributed by atoms with Crippen LogP contribution in [0.2, 0.25) is 0 Å². The summed E-state index contributed by atoms with van der Waals surface area (Å²) in [5, 5.41) is 4.36. The molecule has 4 aromatic rings. The Morgan fingerprint density at radius 3 is 2.87 bits per heavy atom. The number of rotatable bonds is 4. The number of imidazole rings is 1. The molecule has 0 aromatic carbocycles. The lowest BCUT2D eigenvalue weighted by atomic mass is 9.71. The summed E-state index contributed by atoms with van der Waals surface area (Å²) in [6.07, 6.45) is 13.9. The van der Waals surface area contributed by atoms with Crippen LogP contribution >= 0.6 is 0 Å². The second-order valence-electron chi connectivity index (χ2n) is 8.37. The van der Waals surface area contributed by atoms with Gasteiger partial charge in [-0.3, -0.25) is 4.40 Å². The van der Waals surface area contributed by atoms with E-state index in [1.807, 2.05) is 23.0 Å². The average molecular weight is 405 g/mol. The van der Waals surface area contributed by atoms with Crippen LogP contribution in [-0.4, -0.2) is 55.7 Å². The van der Waals surface area contributed by atoms with Gasteiger partial charge in [-0.15, -0.1) is 0 Å².